The van der Waals surface area contributed by atoms with Crippen LogP contribution in [0.25, 0.3) is 0 Å². The second-order valence-electron chi connectivity index (χ2n) is 6.90. The molecule has 0 saturated carbocycles. The van der Waals surface area contributed by atoms with Gasteiger partial charge in [-0.15, -0.1) is 0 Å². The molecule has 0 bridgehead atoms. The average molecular weight is 433 g/mol. The molecule has 0 heterocycles. The predicted molar refractivity (Wildman–Crippen MR) is 107 cm³/mol. The SMILES string of the molecule is CCOC(=O)C(CC(C)C)(C[P+](=O)COS(=O)(=O)c1ccc(C)cc1)OCC. The summed E-state index contributed by atoms with van der Waals surface area (Å²) in [7, 11) is -6.23. The number of rotatable bonds is 12. The third-order valence-electron chi connectivity index (χ3n) is 3.90. The second-order valence-corrected chi connectivity index (χ2v) is 10.1. The van der Waals surface area contributed by atoms with Crippen LogP contribution in [0.15, 0.2) is 29.2 Å². The monoisotopic (exact) mass is 433 g/mol. The van der Waals surface area contributed by atoms with E-state index in [1.54, 1.807) is 26.0 Å². The molecular weight excluding hydrogens is 403 g/mol. The molecule has 0 fully saturated rings. The summed E-state index contributed by atoms with van der Waals surface area (Å²) in [5, 5.41) is 0. The summed E-state index contributed by atoms with van der Waals surface area (Å²) in [5.41, 5.74) is -0.474. The van der Waals surface area contributed by atoms with Crippen LogP contribution >= 0.6 is 7.80 Å². The van der Waals surface area contributed by atoms with Gasteiger partial charge in [0.15, 0.2) is 6.16 Å². The van der Waals surface area contributed by atoms with Crippen molar-refractivity contribution in [3.8, 4) is 0 Å². The maximum absolute atomic E-state index is 12.6. The number of benzene rings is 1. The van der Waals surface area contributed by atoms with Gasteiger partial charge in [0.25, 0.3) is 6.35 Å². The summed E-state index contributed by atoms with van der Waals surface area (Å²) in [6, 6.07) is 6.17. The van der Waals surface area contributed by atoms with E-state index in [0.29, 0.717) is 6.42 Å². The summed E-state index contributed by atoms with van der Waals surface area (Å²) in [5.74, 6) is -0.508. The van der Waals surface area contributed by atoms with Gasteiger partial charge in [-0.3, -0.25) is 0 Å². The molecule has 1 aromatic carbocycles. The molecule has 9 heteroatoms. The first-order chi connectivity index (χ1) is 13.1. The molecule has 0 saturated heterocycles. The van der Waals surface area contributed by atoms with Crippen molar-refractivity contribution in [1.29, 1.82) is 0 Å². The Labute approximate surface area is 168 Å². The zero-order valence-electron chi connectivity index (χ0n) is 17.1. The van der Waals surface area contributed by atoms with Crippen molar-refractivity contribution in [3.63, 3.8) is 0 Å². The van der Waals surface area contributed by atoms with E-state index in [4.69, 9.17) is 13.7 Å². The Morgan fingerprint density at radius 1 is 1.14 bits per heavy atom. The highest BCUT2D eigenvalue weighted by molar-refractivity contribution is 7.87. The minimum absolute atomic E-state index is 0.00913. The number of carbonyl (C=O) groups excluding carboxylic acids is 1. The predicted octanol–water partition coefficient (Wildman–Crippen LogP) is 3.87. The van der Waals surface area contributed by atoms with Gasteiger partial charge in [0.2, 0.25) is 5.60 Å². The Kier molecular flexibility index (Phi) is 9.70. The van der Waals surface area contributed by atoms with E-state index in [1.807, 2.05) is 20.8 Å². The molecular formula is C19H30O7PS+. The molecule has 158 valence electrons. The van der Waals surface area contributed by atoms with Gasteiger partial charge in [0.1, 0.15) is 0 Å². The molecule has 0 amide bonds. The number of esters is 1. The van der Waals surface area contributed by atoms with E-state index in [-0.39, 0.29) is 30.2 Å². The summed E-state index contributed by atoms with van der Waals surface area (Å²) >= 11 is 0. The number of aryl methyl sites for hydroxylation is 1. The van der Waals surface area contributed by atoms with Crippen LogP contribution in [0.5, 0.6) is 0 Å². The van der Waals surface area contributed by atoms with Crippen LogP contribution in [-0.4, -0.2) is 45.7 Å². The van der Waals surface area contributed by atoms with Gasteiger partial charge in [-0.25, -0.2) is 8.98 Å². The minimum atomic E-state index is -4.03. The highest BCUT2D eigenvalue weighted by atomic mass is 32.2. The third-order valence-corrected chi connectivity index (χ3v) is 6.63. The highest BCUT2D eigenvalue weighted by Crippen LogP contribution is 2.35. The van der Waals surface area contributed by atoms with E-state index in [1.165, 1.54) is 12.1 Å². The van der Waals surface area contributed by atoms with Crippen LogP contribution in [0.1, 0.15) is 39.7 Å². The molecule has 1 aromatic rings. The molecule has 2 unspecified atom stereocenters. The van der Waals surface area contributed by atoms with Crippen molar-refractivity contribution < 1.29 is 31.4 Å². The van der Waals surface area contributed by atoms with Gasteiger partial charge < -0.3 is 9.47 Å². The fourth-order valence-electron chi connectivity index (χ4n) is 2.81. The summed E-state index contributed by atoms with van der Waals surface area (Å²) < 4.78 is 53.0. The van der Waals surface area contributed by atoms with Crippen molar-refractivity contribution in [3.05, 3.63) is 29.8 Å². The lowest BCUT2D eigenvalue weighted by molar-refractivity contribution is -0.171. The third kappa shape index (κ3) is 7.24. The Bertz CT molecular complexity index is 759. The molecule has 28 heavy (non-hydrogen) atoms. The molecule has 0 radical (unpaired) electrons. The van der Waals surface area contributed by atoms with E-state index in [9.17, 15) is 17.8 Å². The molecule has 1 rings (SSSR count). The Morgan fingerprint density at radius 2 is 1.75 bits per heavy atom. The number of hydrogen-bond acceptors (Lipinski definition) is 7. The lowest BCUT2D eigenvalue weighted by atomic mass is 9.94. The Morgan fingerprint density at radius 3 is 2.25 bits per heavy atom. The van der Waals surface area contributed by atoms with E-state index in [2.05, 4.69) is 0 Å². The topological polar surface area (TPSA) is 96.0 Å². The van der Waals surface area contributed by atoms with Crippen LogP contribution < -0.4 is 0 Å². The van der Waals surface area contributed by atoms with Gasteiger partial charge in [0.05, 0.1) is 11.5 Å². The number of hydrogen-bond donors (Lipinski definition) is 0. The highest BCUT2D eigenvalue weighted by Gasteiger charge is 2.48. The van der Waals surface area contributed by atoms with E-state index < -0.39 is 35.8 Å². The minimum Gasteiger partial charge on any atom is -0.464 e. The lowest BCUT2D eigenvalue weighted by Crippen LogP contribution is -2.47. The summed E-state index contributed by atoms with van der Waals surface area (Å²) in [4.78, 5) is 12.5. The van der Waals surface area contributed by atoms with Crippen LogP contribution in [-0.2, 0) is 33.1 Å². The smallest absolute Gasteiger partial charge is 0.371 e. The molecule has 0 aliphatic heterocycles. The first-order valence-corrected chi connectivity index (χ1v) is 12.3. The second kappa shape index (κ2) is 11.0. The van der Waals surface area contributed by atoms with E-state index in [0.717, 1.165) is 5.56 Å². The van der Waals surface area contributed by atoms with Gasteiger partial charge in [-0.2, -0.15) is 8.42 Å². The van der Waals surface area contributed by atoms with Crippen LogP contribution in [0.4, 0.5) is 0 Å². The number of ether oxygens (including phenoxy) is 2. The quantitative estimate of drug-likeness (QED) is 0.280. The van der Waals surface area contributed by atoms with E-state index >= 15 is 0 Å². The Balaban J connectivity index is 2.92. The average Bonchev–Trinajstić information content (AvgIpc) is 2.60. The van der Waals surface area contributed by atoms with Crippen LogP contribution in [0.3, 0.4) is 0 Å². The van der Waals surface area contributed by atoms with Gasteiger partial charge in [-0.05, 0) is 45.2 Å². The Hall–Kier alpha value is -1.34. The molecule has 0 aromatic heterocycles. The zero-order chi connectivity index (χ0) is 21.4. The molecule has 7 nitrogen and oxygen atoms in total. The van der Waals surface area contributed by atoms with Crippen molar-refractivity contribution in [2.45, 2.75) is 51.5 Å². The van der Waals surface area contributed by atoms with Gasteiger partial charge in [-0.1, -0.05) is 36.1 Å². The largest absolute Gasteiger partial charge is 0.464 e. The zero-order valence-corrected chi connectivity index (χ0v) is 18.8. The molecule has 2 atom stereocenters. The van der Waals surface area contributed by atoms with Crippen molar-refractivity contribution in [2.24, 2.45) is 5.92 Å². The van der Waals surface area contributed by atoms with Crippen molar-refractivity contribution in [2.75, 3.05) is 25.7 Å². The number of carbonyl (C=O) groups is 1. The molecule has 0 aliphatic rings. The molecule has 0 spiro atoms. The molecule has 0 aliphatic carbocycles. The van der Waals surface area contributed by atoms with Crippen molar-refractivity contribution in [1.82, 2.24) is 0 Å². The first kappa shape index (κ1) is 24.7. The van der Waals surface area contributed by atoms with Gasteiger partial charge >= 0.3 is 23.9 Å². The van der Waals surface area contributed by atoms with Crippen molar-refractivity contribution >= 4 is 23.9 Å². The van der Waals surface area contributed by atoms with Crippen LogP contribution in [0, 0.1) is 12.8 Å². The maximum Gasteiger partial charge on any atom is 0.371 e. The van der Waals surface area contributed by atoms with Gasteiger partial charge in [0, 0.05) is 6.61 Å². The maximum atomic E-state index is 12.6. The fourth-order valence-corrected chi connectivity index (χ4v) is 5.45. The standard InChI is InChI=1S/C19H30O7PS/c1-6-24-18(20)19(25-7-2,12-15(3)4)13-27(21)14-26-28(22,23)17-10-8-16(5)9-11-17/h8-11,15H,6-7,12-14H2,1-5H3/q+1. The normalized spacial score (nSPS) is 14.6. The molecule has 0 N–H and O–H groups in total. The fraction of sp³-hybridized carbons (Fsp3) is 0.632. The van der Waals surface area contributed by atoms with Crippen LogP contribution in [0.2, 0.25) is 0 Å². The summed E-state index contributed by atoms with van der Waals surface area (Å²) in [6.45, 7) is 9.49. The first-order valence-electron chi connectivity index (χ1n) is 9.25. The lowest BCUT2D eigenvalue weighted by Gasteiger charge is -2.29. The summed E-state index contributed by atoms with van der Waals surface area (Å²) in [6.07, 6.45) is -0.389.